The zero-order valence-electron chi connectivity index (χ0n) is 10.7. The summed E-state index contributed by atoms with van der Waals surface area (Å²) < 4.78 is 103. The zero-order valence-corrected chi connectivity index (χ0v) is 10.7. The van der Waals surface area contributed by atoms with E-state index in [1.807, 2.05) is 0 Å². The molecule has 0 saturated heterocycles. The molecule has 8 heteroatoms. The third-order valence-electron chi connectivity index (χ3n) is 2.99. The Bertz CT molecular complexity index is 290. The predicted molar refractivity (Wildman–Crippen MR) is 54.1 cm³/mol. The van der Waals surface area contributed by atoms with E-state index in [0.717, 1.165) is 6.92 Å². The van der Waals surface area contributed by atoms with Gasteiger partial charge in [-0.25, -0.2) is 17.6 Å². The summed E-state index contributed by atoms with van der Waals surface area (Å²) in [5.41, 5.74) is -3.69. The first-order valence-corrected chi connectivity index (χ1v) is 5.54. The van der Waals surface area contributed by atoms with Crippen LogP contribution in [-0.4, -0.2) is 24.7 Å². The molecule has 0 nitrogen and oxygen atoms in total. The first-order chi connectivity index (χ1) is 8.16. The highest BCUT2D eigenvalue weighted by Gasteiger charge is 2.67. The molecule has 0 spiro atoms. The first-order valence-electron chi connectivity index (χ1n) is 5.54. The van der Waals surface area contributed by atoms with Gasteiger partial charge in [0.2, 0.25) is 0 Å². The van der Waals surface area contributed by atoms with Crippen molar-refractivity contribution in [2.24, 2.45) is 11.3 Å². The lowest BCUT2D eigenvalue weighted by Crippen LogP contribution is -2.52. The van der Waals surface area contributed by atoms with Crippen molar-refractivity contribution in [3.05, 3.63) is 0 Å². The minimum Gasteiger partial charge on any atom is -0.251 e. The van der Waals surface area contributed by atoms with Crippen molar-refractivity contribution < 1.29 is 35.1 Å². The maximum Gasteiger partial charge on any atom is 0.400 e. The first kappa shape index (κ1) is 18.4. The molecule has 2 unspecified atom stereocenters. The van der Waals surface area contributed by atoms with E-state index in [-0.39, 0.29) is 13.8 Å². The molecule has 0 aliphatic heterocycles. The van der Waals surface area contributed by atoms with Gasteiger partial charge < -0.3 is 0 Å². The molecule has 0 heterocycles. The third-order valence-corrected chi connectivity index (χ3v) is 2.99. The van der Waals surface area contributed by atoms with Crippen molar-refractivity contribution >= 4 is 0 Å². The second kappa shape index (κ2) is 5.44. The van der Waals surface area contributed by atoms with Crippen LogP contribution in [0.25, 0.3) is 0 Å². The Labute approximate surface area is 106 Å². The van der Waals surface area contributed by atoms with Gasteiger partial charge in [0.25, 0.3) is 11.8 Å². The van der Waals surface area contributed by atoms with Gasteiger partial charge in [-0.3, -0.25) is 4.39 Å². The van der Waals surface area contributed by atoms with Crippen molar-refractivity contribution in [2.45, 2.75) is 51.6 Å². The Hall–Kier alpha value is -0.560. The average molecular weight is 300 g/mol. The van der Waals surface area contributed by atoms with Crippen LogP contribution in [0.2, 0.25) is 0 Å². The van der Waals surface area contributed by atoms with Crippen LogP contribution in [0.15, 0.2) is 0 Å². The van der Waals surface area contributed by atoms with Crippen molar-refractivity contribution in [3.63, 3.8) is 0 Å². The molecule has 0 saturated carbocycles. The van der Waals surface area contributed by atoms with Gasteiger partial charge in [0.05, 0.1) is 13.1 Å². The molecular formula is C11H16F8. The normalized spacial score (nSPS) is 19.1. The largest absolute Gasteiger partial charge is 0.400 e. The molecular weight excluding hydrogens is 284 g/mol. The molecule has 19 heavy (non-hydrogen) atoms. The fraction of sp³-hybridized carbons (Fsp3) is 1.00. The molecule has 0 aromatic heterocycles. The molecule has 0 aliphatic carbocycles. The van der Waals surface area contributed by atoms with E-state index in [2.05, 4.69) is 0 Å². The molecule has 0 amide bonds. The minimum absolute atomic E-state index is 0.121. The molecule has 0 bridgehead atoms. The van der Waals surface area contributed by atoms with Gasteiger partial charge >= 0.3 is 6.18 Å². The lowest BCUT2D eigenvalue weighted by molar-refractivity contribution is -0.309. The Morgan fingerprint density at radius 1 is 0.895 bits per heavy atom. The predicted octanol–water partition coefficient (Wildman–Crippen LogP) is 5.23. The molecule has 0 aromatic rings. The summed E-state index contributed by atoms with van der Waals surface area (Å²) in [6.07, 6.45) is -8.89. The second-order valence-corrected chi connectivity index (χ2v) is 5.24. The number of alkyl halides is 8. The lowest BCUT2D eigenvalue weighted by Gasteiger charge is -2.41. The number of hydrogen-bond acceptors (Lipinski definition) is 0. The smallest absolute Gasteiger partial charge is 0.251 e. The summed E-state index contributed by atoms with van der Waals surface area (Å²) in [5.74, 6) is -9.94. The van der Waals surface area contributed by atoms with Crippen LogP contribution in [0.3, 0.4) is 0 Å². The monoisotopic (exact) mass is 300 g/mol. The van der Waals surface area contributed by atoms with E-state index in [1.165, 1.54) is 0 Å². The molecule has 2 atom stereocenters. The van der Waals surface area contributed by atoms with E-state index in [9.17, 15) is 35.1 Å². The standard InChI is InChI=1S/C11H16F8/c1-7(5-12)4-8(2,11(17,18)19)10(15,16)6-9(3,13)14/h7H,4-6H2,1-3H3. The van der Waals surface area contributed by atoms with E-state index in [4.69, 9.17) is 0 Å². The number of halogens is 8. The van der Waals surface area contributed by atoms with Gasteiger partial charge in [-0.2, -0.15) is 13.2 Å². The van der Waals surface area contributed by atoms with Crippen LogP contribution < -0.4 is 0 Å². The molecule has 0 radical (unpaired) electrons. The summed E-state index contributed by atoms with van der Waals surface area (Å²) in [7, 11) is 0. The molecule has 116 valence electrons. The van der Waals surface area contributed by atoms with Crippen molar-refractivity contribution in [3.8, 4) is 0 Å². The van der Waals surface area contributed by atoms with E-state index in [1.54, 1.807) is 0 Å². The summed E-state index contributed by atoms with van der Waals surface area (Å²) in [6.45, 7) is 0.0651. The summed E-state index contributed by atoms with van der Waals surface area (Å²) >= 11 is 0. The van der Waals surface area contributed by atoms with Gasteiger partial charge in [-0.1, -0.05) is 6.92 Å². The maximum atomic E-state index is 13.6. The lowest BCUT2D eigenvalue weighted by atomic mass is 9.73. The van der Waals surface area contributed by atoms with Crippen molar-refractivity contribution in [1.29, 1.82) is 0 Å². The second-order valence-electron chi connectivity index (χ2n) is 5.24. The van der Waals surface area contributed by atoms with Crippen LogP contribution >= 0.6 is 0 Å². The van der Waals surface area contributed by atoms with E-state index < -0.39 is 48.9 Å². The van der Waals surface area contributed by atoms with Crippen LogP contribution in [-0.2, 0) is 0 Å². The highest BCUT2D eigenvalue weighted by Crippen LogP contribution is 2.55. The fourth-order valence-electron chi connectivity index (χ4n) is 1.81. The maximum absolute atomic E-state index is 13.6. The van der Waals surface area contributed by atoms with Crippen LogP contribution in [0.1, 0.15) is 33.6 Å². The molecule has 0 rings (SSSR count). The highest BCUT2D eigenvalue weighted by atomic mass is 19.4. The highest BCUT2D eigenvalue weighted by molar-refractivity contribution is 4.97. The van der Waals surface area contributed by atoms with E-state index >= 15 is 0 Å². The summed E-state index contributed by atoms with van der Waals surface area (Å²) in [6, 6.07) is 0. The number of rotatable bonds is 6. The summed E-state index contributed by atoms with van der Waals surface area (Å²) in [4.78, 5) is 0. The summed E-state index contributed by atoms with van der Waals surface area (Å²) in [5, 5.41) is 0. The van der Waals surface area contributed by atoms with Gasteiger partial charge in [-0.05, 0) is 26.2 Å². The minimum atomic E-state index is -5.41. The zero-order chi connectivity index (χ0) is 15.7. The van der Waals surface area contributed by atoms with Crippen LogP contribution in [0.4, 0.5) is 35.1 Å². The molecule has 0 fully saturated rings. The van der Waals surface area contributed by atoms with Crippen LogP contribution in [0, 0.1) is 11.3 Å². The van der Waals surface area contributed by atoms with Crippen molar-refractivity contribution in [2.75, 3.05) is 6.67 Å². The van der Waals surface area contributed by atoms with Gasteiger partial charge in [0.1, 0.15) is 5.41 Å². The van der Waals surface area contributed by atoms with Gasteiger partial charge in [0.15, 0.2) is 0 Å². The van der Waals surface area contributed by atoms with Crippen molar-refractivity contribution in [1.82, 2.24) is 0 Å². The Morgan fingerprint density at radius 3 is 1.58 bits per heavy atom. The fourth-order valence-corrected chi connectivity index (χ4v) is 1.81. The Morgan fingerprint density at radius 2 is 1.32 bits per heavy atom. The van der Waals surface area contributed by atoms with Gasteiger partial charge in [-0.15, -0.1) is 0 Å². The topological polar surface area (TPSA) is 0 Å². The number of hydrogen-bond donors (Lipinski definition) is 0. The molecule has 0 aliphatic rings. The average Bonchev–Trinajstić information content (AvgIpc) is 2.11. The quantitative estimate of drug-likeness (QED) is 0.589. The SMILES string of the molecule is CC(CF)CC(C)(C(F)(F)F)C(F)(F)CC(C)(F)F. The Kier molecular flexibility index (Phi) is 5.28. The van der Waals surface area contributed by atoms with Crippen LogP contribution in [0.5, 0.6) is 0 Å². The Balaban J connectivity index is 5.47. The molecule has 0 aromatic carbocycles. The van der Waals surface area contributed by atoms with Gasteiger partial charge in [0, 0.05) is 0 Å². The van der Waals surface area contributed by atoms with E-state index in [0.29, 0.717) is 0 Å². The molecule has 0 N–H and O–H groups in total. The third kappa shape index (κ3) is 4.49.